The average molecular weight is 661 g/mol. The Labute approximate surface area is 270 Å². The Balaban J connectivity index is 1.06. The first-order valence-electron chi connectivity index (χ1n) is 16.2. The van der Waals surface area contributed by atoms with E-state index in [1.165, 1.54) is 30.9 Å². The predicted octanol–water partition coefficient (Wildman–Crippen LogP) is 3.05. The number of hydrogen-bond acceptors (Lipinski definition) is 10. The second kappa shape index (κ2) is 13.7. The van der Waals surface area contributed by atoms with Crippen LogP contribution < -0.4 is 14.4 Å². The maximum Gasteiger partial charge on any atom is 0.258 e. The molecule has 0 radical (unpaired) electrons. The number of benzene rings is 1. The molecule has 4 fully saturated rings. The summed E-state index contributed by atoms with van der Waals surface area (Å²) in [7, 11) is -3.23. The summed E-state index contributed by atoms with van der Waals surface area (Å²) < 4.78 is 58.7. The van der Waals surface area contributed by atoms with E-state index >= 15 is 4.39 Å². The molecule has 0 saturated carbocycles. The molecular weight excluding hydrogens is 615 g/mol. The number of anilines is 1. The quantitative estimate of drug-likeness (QED) is 0.407. The molecule has 0 unspecified atom stereocenters. The molecule has 12 nitrogen and oxygen atoms in total. The molecule has 4 aliphatic rings. The number of aromatic nitrogens is 2. The van der Waals surface area contributed by atoms with Crippen LogP contribution in [0.15, 0.2) is 30.7 Å². The molecule has 1 aromatic carbocycles. The highest BCUT2D eigenvalue weighted by atomic mass is 32.2. The monoisotopic (exact) mass is 660 g/mol. The van der Waals surface area contributed by atoms with Crippen LogP contribution in [0.25, 0.3) is 0 Å². The number of halogens is 1. The van der Waals surface area contributed by atoms with Gasteiger partial charge in [0.2, 0.25) is 10.0 Å². The average Bonchev–Trinajstić information content (AvgIpc) is 3.52. The number of carbonyl (C=O) groups excluding carboxylic acids is 1. The molecule has 1 spiro atoms. The Bertz CT molecular complexity index is 1480. The standard InChI is InChI=1S/C32H45FN6O6S/c1-22(2)39(24-9-14-43-18-24)31(40)26-5-4-6-27(33)29(26)45-28-15-34-21-35-30(28)38-19-32(20-38)10-12-37(13-11-32)16-25-8-7-23(17-44-25)36-46(3,41)42/h4-6,15,21-25,36H,7-14,16-20H2,1-3H3/t23-,24-,25+/m1/s1. The Morgan fingerprint density at radius 2 is 1.98 bits per heavy atom. The highest BCUT2D eigenvalue weighted by molar-refractivity contribution is 7.88. The van der Waals surface area contributed by atoms with E-state index in [9.17, 15) is 13.2 Å². The zero-order valence-corrected chi connectivity index (χ0v) is 27.7. The summed E-state index contributed by atoms with van der Waals surface area (Å²) in [4.78, 5) is 28.8. The Hall–Kier alpha value is -2.91. The van der Waals surface area contributed by atoms with Gasteiger partial charge in [-0.25, -0.2) is 27.5 Å². The molecule has 5 heterocycles. The summed E-state index contributed by atoms with van der Waals surface area (Å²) in [5.74, 6) is -0.143. The highest BCUT2D eigenvalue weighted by Crippen LogP contribution is 2.45. The van der Waals surface area contributed by atoms with Crippen molar-refractivity contribution in [1.29, 1.82) is 0 Å². The number of amides is 1. The molecule has 1 aromatic heterocycles. The molecule has 14 heteroatoms. The van der Waals surface area contributed by atoms with Crippen molar-refractivity contribution in [1.82, 2.24) is 24.5 Å². The van der Waals surface area contributed by atoms with E-state index in [0.717, 1.165) is 64.8 Å². The largest absolute Gasteiger partial charge is 0.448 e. The van der Waals surface area contributed by atoms with Crippen molar-refractivity contribution in [2.45, 2.75) is 70.2 Å². The second-order valence-corrected chi connectivity index (χ2v) is 15.3. The Morgan fingerprint density at radius 3 is 2.63 bits per heavy atom. The molecule has 46 heavy (non-hydrogen) atoms. The fourth-order valence-electron chi connectivity index (χ4n) is 7.29. The predicted molar refractivity (Wildman–Crippen MR) is 170 cm³/mol. The first kappa shape index (κ1) is 33.0. The summed E-state index contributed by atoms with van der Waals surface area (Å²) in [6.07, 6.45) is 8.71. The van der Waals surface area contributed by atoms with Crippen molar-refractivity contribution in [2.75, 3.05) is 63.7 Å². The SMILES string of the molecule is CC(C)N(C(=O)c1cccc(F)c1Oc1cncnc1N1CC2(CCN(C[C@@H]3CC[C@@H](NS(C)(=O)=O)CO3)CC2)C1)[C@@H]1CCOC1. The van der Waals surface area contributed by atoms with Crippen LogP contribution >= 0.6 is 0 Å². The molecule has 1 N–H and O–H groups in total. The van der Waals surface area contributed by atoms with Crippen molar-refractivity contribution < 1.29 is 31.8 Å². The molecule has 0 aliphatic carbocycles. The van der Waals surface area contributed by atoms with Crippen LogP contribution in [-0.4, -0.2) is 117 Å². The number of likely N-dealkylation sites (tertiary alicyclic amines) is 1. The number of ether oxygens (including phenoxy) is 3. The Kier molecular flexibility index (Phi) is 9.81. The molecule has 252 valence electrons. The van der Waals surface area contributed by atoms with E-state index in [4.69, 9.17) is 14.2 Å². The van der Waals surface area contributed by atoms with Gasteiger partial charge in [-0.3, -0.25) is 4.79 Å². The summed E-state index contributed by atoms with van der Waals surface area (Å²) in [5.41, 5.74) is 0.323. The van der Waals surface area contributed by atoms with Gasteiger partial charge in [0.05, 0.1) is 43.4 Å². The van der Waals surface area contributed by atoms with E-state index in [0.29, 0.717) is 31.4 Å². The van der Waals surface area contributed by atoms with Crippen LogP contribution in [0.5, 0.6) is 11.5 Å². The summed E-state index contributed by atoms with van der Waals surface area (Å²) >= 11 is 0. The van der Waals surface area contributed by atoms with Crippen LogP contribution in [0, 0.1) is 11.2 Å². The maximum atomic E-state index is 15.3. The molecular formula is C32H45FN6O6S. The fourth-order valence-corrected chi connectivity index (χ4v) is 8.08. The van der Waals surface area contributed by atoms with Gasteiger partial charge in [0.15, 0.2) is 23.1 Å². The van der Waals surface area contributed by atoms with Crippen molar-refractivity contribution in [3.63, 3.8) is 0 Å². The van der Waals surface area contributed by atoms with Crippen LogP contribution in [0.1, 0.15) is 56.3 Å². The third-order valence-corrected chi connectivity index (χ3v) is 10.4. The summed E-state index contributed by atoms with van der Waals surface area (Å²) in [6, 6.07) is 4.10. The number of carbonyl (C=O) groups is 1. The molecule has 3 atom stereocenters. The molecule has 2 aromatic rings. The lowest BCUT2D eigenvalue weighted by Gasteiger charge is -2.54. The molecule has 6 rings (SSSR count). The molecule has 4 aliphatic heterocycles. The van der Waals surface area contributed by atoms with Crippen LogP contribution in [0.2, 0.25) is 0 Å². The minimum absolute atomic E-state index is 0.0743. The molecule has 4 saturated heterocycles. The fraction of sp³-hybridized carbons (Fsp3) is 0.656. The van der Waals surface area contributed by atoms with Crippen LogP contribution in [0.4, 0.5) is 10.2 Å². The number of para-hydroxylation sites is 1. The molecule has 1 amide bonds. The smallest absolute Gasteiger partial charge is 0.258 e. The van der Waals surface area contributed by atoms with Gasteiger partial charge in [-0.05, 0) is 71.2 Å². The van der Waals surface area contributed by atoms with Gasteiger partial charge in [-0.15, -0.1) is 0 Å². The number of nitrogens with one attached hydrogen (secondary N) is 1. The lowest BCUT2D eigenvalue weighted by Crippen LogP contribution is -2.61. The number of hydrogen-bond donors (Lipinski definition) is 1. The van der Waals surface area contributed by atoms with E-state index in [-0.39, 0.29) is 46.9 Å². The Morgan fingerprint density at radius 1 is 1.20 bits per heavy atom. The van der Waals surface area contributed by atoms with Gasteiger partial charge in [0.25, 0.3) is 5.91 Å². The number of piperidine rings is 1. The minimum Gasteiger partial charge on any atom is -0.448 e. The third-order valence-electron chi connectivity index (χ3n) is 9.64. The van der Waals surface area contributed by atoms with Crippen LogP contribution in [-0.2, 0) is 19.5 Å². The molecule has 0 bridgehead atoms. The normalized spacial score (nSPS) is 25.1. The first-order valence-corrected chi connectivity index (χ1v) is 18.1. The lowest BCUT2D eigenvalue weighted by atomic mass is 9.72. The van der Waals surface area contributed by atoms with Gasteiger partial charge >= 0.3 is 0 Å². The van der Waals surface area contributed by atoms with Gasteiger partial charge in [0, 0.05) is 43.7 Å². The van der Waals surface area contributed by atoms with Crippen molar-refractivity contribution in [3.8, 4) is 11.5 Å². The zero-order valence-electron chi connectivity index (χ0n) is 26.9. The van der Waals surface area contributed by atoms with Gasteiger partial charge in [-0.2, -0.15) is 0 Å². The summed E-state index contributed by atoms with van der Waals surface area (Å²) in [6.45, 7) is 9.74. The number of rotatable bonds is 10. The highest BCUT2D eigenvalue weighted by Gasteiger charge is 2.46. The number of nitrogens with zero attached hydrogens (tertiary/aromatic N) is 5. The first-order chi connectivity index (χ1) is 22.0. The van der Waals surface area contributed by atoms with Crippen molar-refractivity contribution in [2.24, 2.45) is 5.41 Å². The van der Waals surface area contributed by atoms with E-state index in [1.54, 1.807) is 11.0 Å². The van der Waals surface area contributed by atoms with E-state index in [2.05, 4.69) is 24.5 Å². The van der Waals surface area contributed by atoms with Crippen molar-refractivity contribution >= 4 is 21.7 Å². The van der Waals surface area contributed by atoms with Gasteiger partial charge < -0.3 is 28.9 Å². The third kappa shape index (κ3) is 7.46. The topological polar surface area (TPSA) is 126 Å². The van der Waals surface area contributed by atoms with Crippen LogP contribution in [0.3, 0.4) is 0 Å². The second-order valence-electron chi connectivity index (χ2n) is 13.5. The van der Waals surface area contributed by atoms with E-state index < -0.39 is 15.8 Å². The zero-order chi connectivity index (χ0) is 32.5. The lowest BCUT2D eigenvalue weighted by molar-refractivity contribution is -0.0299. The summed E-state index contributed by atoms with van der Waals surface area (Å²) in [5, 5.41) is 0. The number of sulfonamides is 1. The maximum absolute atomic E-state index is 15.3. The van der Waals surface area contributed by atoms with E-state index in [1.807, 2.05) is 13.8 Å². The minimum atomic E-state index is -3.23. The van der Waals surface area contributed by atoms with Crippen molar-refractivity contribution in [3.05, 3.63) is 42.1 Å². The van der Waals surface area contributed by atoms with Gasteiger partial charge in [-0.1, -0.05) is 6.07 Å². The van der Waals surface area contributed by atoms with Gasteiger partial charge in [0.1, 0.15) is 6.33 Å².